The van der Waals surface area contributed by atoms with E-state index in [2.05, 4.69) is 0 Å². The van der Waals surface area contributed by atoms with Crippen molar-refractivity contribution in [2.75, 3.05) is 25.4 Å². The Labute approximate surface area is 177 Å². The fourth-order valence-corrected chi connectivity index (χ4v) is 5.82. The van der Waals surface area contributed by atoms with Crippen molar-refractivity contribution in [1.82, 2.24) is 9.80 Å². The van der Waals surface area contributed by atoms with Crippen LogP contribution in [0.4, 0.5) is 9.18 Å². The molecule has 0 spiro atoms. The molecule has 166 valence electrons. The van der Waals surface area contributed by atoms with E-state index in [0.29, 0.717) is 19.4 Å². The van der Waals surface area contributed by atoms with Crippen LogP contribution in [0.2, 0.25) is 0 Å². The Hall–Kier alpha value is -2.16. The van der Waals surface area contributed by atoms with E-state index < -0.39 is 38.6 Å². The Morgan fingerprint density at radius 2 is 1.80 bits per heavy atom. The molecule has 2 aliphatic rings. The monoisotopic (exact) mass is 440 g/mol. The molecule has 2 atom stereocenters. The summed E-state index contributed by atoms with van der Waals surface area (Å²) in [4.78, 5) is 28.6. The van der Waals surface area contributed by atoms with Crippen molar-refractivity contribution in [1.29, 1.82) is 0 Å². The van der Waals surface area contributed by atoms with Gasteiger partial charge in [0, 0.05) is 25.2 Å². The minimum absolute atomic E-state index is 0.0325. The second-order valence-corrected chi connectivity index (χ2v) is 11.1. The van der Waals surface area contributed by atoms with Gasteiger partial charge in [0.05, 0.1) is 11.0 Å². The number of ether oxygens (including phenoxy) is 1. The number of halogens is 1. The zero-order valence-electron chi connectivity index (χ0n) is 17.6. The van der Waals surface area contributed by atoms with Crippen LogP contribution in [0.1, 0.15) is 50.8 Å². The lowest BCUT2D eigenvalue weighted by molar-refractivity contribution is -0.135. The summed E-state index contributed by atoms with van der Waals surface area (Å²) in [5.41, 5.74) is -0.528. The highest BCUT2D eigenvalue weighted by molar-refractivity contribution is 7.91. The van der Waals surface area contributed by atoms with Gasteiger partial charge < -0.3 is 9.64 Å². The van der Waals surface area contributed by atoms with Gasteiger partial charge in [-0.25, -0.2) is 17.6 Å². The van der Waals surface area contributed by atoms with Gasteiger partial charge in [-0.2, -0.15) is 0 Å². The summed E-state index contributed by atoms with van der Waals surface area (Å²) in [6.45, 7) is 5.94. The van der Waals surface area contributed by atoms with Crippen molar-refractivity contribution in [2.24, 2.45) is 0 Å². The molecule has 0 N–H and O–H groups in total. The number of nitrogens with zero attached hydrogens (tertiary/aromatic N) is 2. The molecule has 7 nitrogen and oxygen atoms in total. The van der Waals surface area contributed by atoms with Gasteiger partial charge in [-0.15, -0.1) is 0 Å². The number of carbonyl (C=O) groups is 2. The van der Waals surface area contributed by atoms with Crippen LogP contribution < -0.4 is 0 Å². The lowest BCUT2D eigenvalue weighted by Gasteiger charge is -2.31. The average molecular weight is 441 g/mol. The Morgan fingerprint density at radius 3 is 2.47 bits per heavy atom. The number of amides is 2. The molecule has 2 heterocycles. The van der Waals surface area contributed by atoms with Crippen LogP contribution in [0.3, 0.4) is 0 Å². The van der Waals surface area contributed by atoms with E-state index in [1.54, 1.807) is 26.8 Å². The minimum atomic E-state index is -3.62. The molecule has 0 unspecified atom stereocenters. The second-order valence-electron chi connectivity index (χ2n) is 8.82. The Morgan fingerprint density at radius 1 is 1.10 bits per heavy atom. The molecule has 2 fully saturated rings. The van der Waals surface area contributed by atoms with Gasteiger partial charge in [0.2, 0.25) is 5.91 Å². The lowest BCUT2D eigenvalue weighted by atomic mass is 10.1. The lowest BCUT2D eigenvalue weighted by Crippen LogP contribution is -2.49. The van der Waals surface area contributed by atoms with Crippen LogP contribution in [0.15, 0.2) is 24.3 Å². The van der Waals surface area contributed by atoms with Crippen LogP contribution in [0, 0.1) is 5.82 Å². The van der Waals surface area contributed by atoms with E-state index in [-0.39, 0.29) is 36.7 Å². The number of rotatable bonds is 2. The number of benzene rings is 1. The zero-order valence-corrected chi connectivity index (χ0v) is 18.5. The second kappa shape index (κ2) is 8.53. The van der Waals surface area contributed by atoms with E-state index in [1.165, 1.54) is 28.0 Å². The number of sulfone groups is 1. The molecule has 1 aromatic rings. The van der Waals surface area contributed by atoms with Gasteiger partial charge in [-0.1, -0.05) is 18.2 Å². The molecule has 3 rings (SSSR count). The molecular weight excluding hydrogens is 411 g/mol. The highest BCUT2D eigenvalue weighted by Gasteiger charge is 2.41. The van der Waals surface area contributed by atoms with Gasteiger partial charge in [0.15, 0.2) is 9.84 Å². The molecule has 1 aromatic carbocycles. The van der Waals surface area contributed by atoms with Crippen molar-refractivity contribution in [3.05, 3.63) is 35.6 Å². The van der Waals surface area contributed by atoms with E-state index in [9.17, 15) is 22.4 Å². The summed E-state index contributed by atoms with van der Waals surface area (Å²) in [5, 5.41) is -0.984. The van der Waals surface area contributed by atoms with Gasteiger partial charge in [-0.3, -0.25) is 9.69 Å². The van der Waals surface area contributed by atoms with Gasteiger partial charge in [0.25, 0.3) is 0 Å². The Balaban J connectivity index is 1.75. The fraction of sp³-hybridized carbons (Fsp3) is 0.619. The molecule has 0 radical (unpaired) electrons. The maximum absolute atomic E-state index is 14.2. The van der Waals surface area contributed by atoms with Gasteiger partial charge in [0.1, 0.15) is 17.5 Å². The first-order chi connectivity index (χ1) is 14.0. The van der Waals surface area contributed by atoms with Crippen molar-refractivity contribution < 1.29 is 27.1 Å². The van der Waals surface area contributed by atoms with Crippen LogP contribution in [-0.4, -0.2) is 67.2 Å². The summed E-state index contributed by atoms with van der Waals surface area (Å²) in [7, 11) is -3.62. The zero-order chi connectivity index (χ0) is 22.1. The van der Waals surface area contributed by atoms with E-state index in [1.807, 2.05) is 0 Å². The standard InChI is InChI=1S/C21H29FN2O5S/c1-21(2,3)29-20(26)24-11-6-9-17(24)19(25)23-12-10-18(30(27,28)14-13-23)15-7-4-5-8-16(15)22/h4-5,7-8,17-18H,6,9-14H2,1-3H3/t17-,18+/m0/s1. The molecule has 30 heavy (non-hydrogen) atoms. The first-order valence-corrected chi connectivity index (χ1v) is 12.0. The predicted molar refractivity (Wildman–Crippen MR) is 110 cm³/mol. The minimum Gasteiger partial charge on any atom is -0.444 e. The molecular formula is C21H29FN2O5S. The molecule has 0 bridgehead atoms. The Kier molecular flexibility index (Phi) is 6.40. The van der Waals surface area contributed by atoms with Gasteiger partial charge in [-0.05, 0) is 46.1 Å². The quantitative estimate of drug-likeness (QED) is 0.706. The molecule has 0 aliphatic carbocycles. The Bertz CT molecular complexity index is 912. The highest BCUT2D eigenvalue weighted by Crippen LogP contribution is 2.32. The smallest absolute Gasteiger partial charge is 0.410 e. The molecule has 2 amide bonds. The third-order valence-electron chi connectivity index (χ3n) is 5.47. The maximum atomic E-state index is 14.2. The third-order valence-corrected chi connectivity index (χ3v) is 7.58. The van der Waals surface area contributed by atoms with Crippen molar-refractivity contribution in [3.8, 4) is 0 Å². The normalized spacial score (nSPS) is 24.4. The number of likely N-dealkylation sites (tertiary alicyclic amines) is 1. The van der Waals surface area contributed by atoms with Crippen molar-refractivity contribution >= 4 is 21.8 Å². The summed E-state index contributed by atoms with van der Waals surface area (Å²) in [6, 6.07) is 5.20. The topological polar surface area (TPSA) is 84.0 Å². The number of carbonyl (C=O) groups excluding carboxylic acids is 2. The molecule has 0 aromatic heterocycles. The van der Waals surface area contributed by atoms with Gasteiger partial charge >= 0.3 is 6.09 Å². The van der Waals surface area contributed by atoms with Crippen LogP contribution >= 0.6 is 0 Å². The SMILES string of the molecule is CC(C)(C)OC(=O)N1CCC[C@H]1C(=O)N1CC[C@H](c2ccccc2F)S(=O)(=O)CC1. The average Bonchev–Trinajstić information content (AvgIpc) is 3.07. The fourth-order valence-electron chi connectivity index (χ4n) is 4.02. The van der Waals surface area contributed by atoms with Crippen molar-refractivity contribution in [2.45, 2.75) is 56.9 Å². The number of hydrogen-bond donors (Lipinski definition) is 0. The molecule has 2 saturated heterocycles. The van der Waals surface area contributed by atoms with Crippen LogP contribution in [-0.2, 0) is 19.4 Å². The number of hydrogen-bond acceptors (Lipinski definition) is 5. The highest BCUT2D eigenvalue weighted by atomic mass is 32.2. The first kappa shape index (κ1) is 22.5. The van der Waals surface area contributed by atoms with E-state index in [0.717, 1.165) is 0 Å². The van der Waals surface area contributed by atoms with Crippen molar-refractivity contribution in [3.63, 3.8) is 0 Å². The predicted octanol–water partition coefficient (Wildman–Crippen LogP) is 2.91. The summed E-state index contributed by atoms with van der Waals surface area (Å²) < 4.78 is 45.2. The van der Waals surface area contributed by atoms with E-state index >= 15 is 0 Å². The molecule has 9 heteroatoms. The third kappa shape index (κ3) is 4.94. The van der Waals surface area contributed by atoms with E-state index in [4.69, 9.17) is 4.74 Å². The molecule has 0 saturated carbocycles. The summed E-state index contributed by atoms with van der Waals surface area (Å²) >= 11 is 0. The maximum Gasteiger partial charge on any atom is 0.410 e. The first-order valence-electron chi connectivity index (χ1n) is 10.2. The summed E-state index contributed by atoms with van der Waals surface area (Å²) in [5.74, 6) is -1.07. The molecule has 2 aliphatic heterocycles. The summed E-state index contributed by atoms with van der Waals surface area (Å²) in [6.07, 6.45) is 0.774. The van der Waals surface area contributed by atoms with Crippen LogP contribution in [0.5, 0.6) is 0 Å². The largest absolute Gasteiger partial charge is 0.444 e. The van der Waals surface area contributed by atoms with Crippen LogP contribution in [0.25, 0.3) is 0 Å².